The molecule has 0 radical (unpaired) electrons. The predicted molar refractivity (Wildman–Crippen MR) is 78.1 cm³/mol. The Kier molecular flexibility index (Phi) is 3.25. The third-order valence-corrected chi connectivity index (χ3v) is 4.33. The van der Waals surface area contributed by atoms with E-state index in [1.54, 1.807) is 18.0 Å². The van der Waals surface area contributed by atoms with Crippen molar-refractivity contribution < 1.29 is 4.79 Å². The topological polar surface area (TPSA) is 33.2 Å². The summed E-state index contributed by atoms with van der Waals surface area (Å²) < 4.78 is 0. The Balaban J connectivity index is 2.00. The molecule has 1 aromatic heterocycles. The van der Waals surface area contributed by atoms with Gasteiger partial charge < -0.3 is 0 Å². The number of aryl methyl sites for hydroxylation is 1. The van der Waals surface area contributed by atoms with Gasteiger partial charge in [0.05, 0.1) is 5.75 Å². The molecule has 3 nitrogen and oxygen atoms in total. The number of nitrogens with zero attached hydrogens (tertiary/aromatic N) is 2. The molecule has 3 rings (SSSR count). The molecule has 1 aromatic carbocycles. The summed E-state index contributed by atoms with van der Waals surface area (Å²) in [7, 11) is 0. The van der Waals surface area contributed by atoms with E-state index in [-0.39, 0.29) is 11.3 Å². The van der Waals surface area contributed by atoms with Crippen molar-refractivity contribution in [1.29, 1.82) is 0 Å². The SMILES string of the molecule is Cc1cccc(N2C(=O)CS[C@@H]2c2cccnc2)c1. The summed E-state index contributed by atoms with van der Waals surface area (Å²) in [6.45, 7) is 2.04. The van der Waals surface area contributed by atoms with Crippen LogP contribution >= 0.6 is 11.8 Å². The fourth-order valence-electron chi connectivity index (χ4n) is 2.25. The van der Waals surface area contributed by atoms with Crippen molar-refractivity contribution in [1.82, 2.24) is 4.98 Å². The minimum absolute atomic E-state index is 0.0306. The van der Waals surface area contributed by atoms with Crippen LogP contribution in [-0.4, -0.2) is 16.6 Å². The van der Waals surface area contributed by atoms with Crippen molar-refractivity contribution in [3.8, 4) is 0 Å². The van der Waals surface area contributed by atoms with Crippen molar-refractivity contribution >= 4 is 23.4 Å². The van der Waals surface area contributed by atoms with Crippen LogP contribution in [0.2, 0.25) is 0 Å². The maximum Gasteiger partial charge on any atom is 0.238 e. The molecule has 19 heavy (non-hydrogen) atoms. The van der Waals surface area contributed by atoms with Gasteiger partial charge in [-0.2, -0.15) is 0 Å². The van der Waals surface area contributed by atoms with Crippen LogP contribution in [0.15, 0.2) is 48.8 Å². The van der Waals surface area contributed by atoms with E-state index in [9.17, 15) is 4.79 Å². The van der Waals surface area contributed by atoms with Crippen LogP contribution in [0, 0.1) is 6.92 Å². The highest BCUT2D eigenvalue weighted by Crippen LogP contribution is 2.41. The van der Waals surface area contributed by atoms with Gasteiger partial charge in [-0.15, -0.1) is 11.8 Å². The first-order chi connectivity index (χ1) is 9.25. The molecule has 0 bridgehead atoms. The highest BCUT2D eigenvalue weighted by atomic mass is 32.2. The van der Waals surface area contributed by atoms with Crippen LogP contribution in [0.5, 0.6) is 0 Å². The number of anilines is 1. The summed E-state index contributed by atoms with van der Waals surface area (Å²) >= 11 is 1.65. The number of hydrogen-bond acceptors (Lipinski definition) is 3. The smallest absolute Gasteiger partial charge is 0.238 e. The summed E-state index contributed by atoms with van der Waals surface area (Å²) in [5, 5.41) is 0.0306. The number of carbonyl (C=O) groups excluding carboxylic acids is 1. The van der Waals surface area contributed by atoms with E-state index < -0.39 is 0 Å². The molecule has 4 heteroatoms. The lowest BCUT2D eigenvalue weighted by molar-refractivity contribution is -0.115. The predicted octanol–water partition coefficient (Wildman–Crippen LogP) is 3.17. The average Bonchev–Trinajstić information content (AvgIpc) is 2.82. The van der Waals surface area contributed by atoms with Gasteiger partial charge >= 0.3 is 0 Å². The Morgan fingerprint density at radius 1 is 1.32 bits per heavy atom. The zero-order valence-corrected chi connectivity index (χ0v) is 11.4. The molecule has 2 aromatic rings. The molecule has 0 unspecified atom stereocenters. The quantitative estimate of drug-likeness (QED) is 0.840. The summed E-state index contributed by atoms with van der Waals surface area (Å²) in [4.78, 5) is 18.2. The maximum absolute atomic E-state index is 12.2. The molecule has 1 amide bonds. The maximum atomic E-state index is 12.2. The number of pyridine rings is 1. The standard InChI is InChI=1S/C15H14N2OS/c1-11-4-2-6-13(8-11)17-14(18)10-19-15(17)12-5-3-7-16-9-12/h2-9,15H,10H2,1H3/t15-/m1/s1. The van der Waals surface area contributed by atoms with Gasteiger partial charge in [-0.25, -0.2) is 0 Å². The van der Waals surface area contributed by atoms with E-state index in [0.29, 0.717) is 5.75 Å². The molecule has 1 atom stereocenters. The Bertz CT molecular complexity index is 600. The fourth-order valence-corrected chi connectivity index (χ4v) is 3.41. The fraction of sp³-hybridized carbons (Fsp3) is 0.200. The molecule has 96 valence electrons. The molecule has 1 aliphatic heterocycles. The summed E-state index contributed by atoms with van der Waals surface area (Å²) in [6.07, 6.45) is 3.58. The number of hydrogen-bond donors (Lipinski definition) is 0. The zero-order chi connectivity index (χ0) is 13.2. The lowest BCUT2D eigenvalue weighted by Gasteiger charge is -2.24. The minimum Gasteiger partial charge on any atom is -0.295 e. The highest BCUT2D eigenvalue weighted by molar-refractivity contribution is 8.00. The van der Waals surface area contributed by atoms with Crippen LogP contribution in [-0.2, 0) is 4.79 Å². The molecule has 0 saturated carbocycles. The number of carbonyl (C=O) groups is 1. The van der Waals surface area contributed by atoms with E-state index in [4.69, 9.17) is 0 Å². The van der Waals surface area contributed by atoms with Gasteiger partial charge in [0.15, 0.2) is 0 Å². The number of benzene rings is 1. The number of thioether (sulfide) groups is 1. The van der Waals surface area contributed by atoms with E-state index in [1.165, 1.54) is 0 Å². The molecule has 1 fully saturated rings. The summed E-state index contributed by atoms with van der Waals surface area (Å²) in [5.41, 5.74) is 3.19. The zero-order valence-electron chi connectivity index (χ0n) is 10.6. The minimum atomic E-state index is 0.0306. The third kappa shape index (κ3) is 2.36. The van der Waals surface area contributed by atoms with Gasteiger partial charge in [-0.1, -0.05) is 18.2 Å². The molecular formula is C15H14N2OS. The third-order valence-electron chi connectivity index (χ3n) is 3.12. The molecule has 0 N–H and O–H groups in total. The second-order valence-corrected chi connectivity index (χ2v) is 5.62. The number of rotatable bonds is 2. The normalized spacial score (nSPS) is 18.9. The van der Waals surface area contributed by atoms with Crippen LogP contribution in [0.1, 0.15) is 16.5 Å². The van der Waals surface area contributed by atoms with Crippen molar-refractivity contribution in [3.63, 3.8) is 0 Å². The largest absolute Gasteiger partial charge is 0.295 e. The van der Waals surface area contributed by atoms with Gasteiger partial charge in [0.2, 0.25) is 5.91 Å². The monoisotopic (exact) mass is 270 g/mol. The second-order valence-electron chi connectivity index (χ2n) is 4.55. The molecule has 0 spiro atoms. The molecule has 1 aliphatic rings. The Morgan fingerprint density at radius 3 is 2.95 bits per heavy atom. The Morgan fingerprint density at radius 2 is 2.21 bits per heavy atom. The molecule has 0 aliphatic carbocycles. The van der Waals surface area contributed by atoms with Gasteiger partial charge in [0.1, 0.15) is 5.37 Å². The molecule has 1 saturated heterocycles. The van der Waals surface area contributed by atoms with Crippen molar-refractivity contribution in [2.45, 2.75) is 12.3 Å². The Hall–Kier alpha value is -1.81. The van der Waals surface area contributed by atoms with E-state index in [1.807, 2.05) is 54.4 Å². The summed E-state index contributed by atoms with van der Waals surface area (Å²) in [5.74, 6) is 0.678. The van der Waals surface area contributed by atoms with Crippen molar-refractivity contribution in [2.24, 2.45) is 0 Å². The molecule has 2 heterocycles. The van der Waals surface area contributed by atoms with Crippen molar-refractivity contribution in [3.05, 3.63) is 59.9 Å². The Labute approximate surface area is 116 Å². The van der Waals surface area contributed by atoms with Gasteiger partial charge in [0, 0.05) is 23.6 Å². The summed E-state index contributed by atoms with van der Waals surface area (Å²) in [6, 6.07) is 12.0. The van der Waals surface area contributed by atoms with Crippen LogP contribution in [0.25, 0.3) is 0 Å². The van der Waals surface area contributed by atoms with Crippen LogP contribution < -0.4 is 4.90 Å². The highest BCUT2D eigenvalue weighted by Gasteiger charge is 2.34. The second kappa shape index (κ2) is 5.05. The lowest BCUT2D eigenvalue weighted by atomic mass is 10.2. The first kappa shape index (κ1) is 12.2. The van der Waals surface area contributed by atoms with E-state index in [2.05, 4.69) is 4.98 Å². The van der Waals surface area contributed by atoms with Crippen LogP contribution in [0.4, 0.5) is 5.69 Å². The van der Waals surface area contributed by atoms with Crippen LogP contribution in [0.3, 0.4) is 0 Å². The first-order valence-electron chi connectivity index (χ1n) is 6.16. The van der Waals surface area contributed by atoms with Gasteiger partial charge in [0.25, 0.3) is 0 Å². The number of amides is 1. The van der Waals surface area contributed by atoms with Gasteiger partial charge in [-0.3, -0.25) is 14.7 Å². The lowest BCUT2D eigenvalue weighted by Crippen LogP contribution is -2.27. The average molecular weight is 270 g/mol. The van der Waals surface area contributed by atoms with Gasteiger partial charge in [-0.05, 0) is 30.7 Å². The van der Waals surface area contributed by atoms with E-state index in [0.717, 1.165) is 16.8 Å². The molecular weight excluding hydrogens is 256 g/mol. The first-order valence-corrected chi connectivity index (χ1v) is 7.21. The van der Waals surface area contributed by atoms with Crippen molar-refractivity contribution in [2.75, 3.05) is 10.7 Å². The van der Waals surface area contributed by atoms with E-state index >= 15 is 0 Å². The number of aromatic nitrogens is 1.